The molecule has 7 heteroatoms. The molecular weight excluding hydrogens is 321 g/mol. The van der Waals surface area contributed by atoms with Gasteiger partial charge in [-0.1, -0.05) is 11.6 Å². The predicted molar refractivity (Wildman–Crippen MR) is 72.6 cm³/mol. The van der Waals surface area contributed by atoms with Gasteiger partial charge in [-0.05, 0) is 34.1 Å². The summed E-state index contributed by atoms with van der Waals surface area (Å²) in [5, 5.41) is 8.73. The zero-order valence-electron chi connectivity index (χ0n) is 9.30. The van der Waals surface area contributed by atoms with E-state index in [1.807, 2.05) is 0 Å². The van der Waals surface area contributed by atoms with Gasteiger partial charge in [-0.2, -0.15) is 0 Å². The van der Waals surface area contributed by atoms with Crippen molar-refractivity contribution >= 4 is 45.0 Å². The van der Waals surface area contributed by atoms with Crippen LogP contribution in [-0.4, -0.2) is 30.9 Å². The van der Waals surface area contributed by atoms with Crippen LogP contribution in [0.1, 0.15) is 0 Å². The van der Waals surface area contributed by atoms with E-state index in [1.165, 1.54) is 0 Å². The minimum atomic E-state index is -0.426. The summed E-state index contributed by atoms with van der Waals surface area (Å²) in [6.07, 6.45) is 0. The molecule has 18 heavy (non-hydrogen) atoms. The molecular formula is C11H11BrClN3O2. The van der Waals surface area contributed by atoms with E-state index >= 15 is 0 Å². The number of carbonyl (C=O) groups is 2. The highest BCUT2D eigenvalue weighted by molar-refractivity contribution is 9.10. The summed E-state index contributed by atoms with van der Waals surface area (Å²) in [5.41, 5.74) is 0.618. The Morgan fingerprint density at radius 2 is 2.28 bits per heavy atom. The van der Waals surface area contributed by atoms with Crippen molar-refractivity contribution in [1.82, 2.24) is 10.6 Å². The second-order valence-corrected chi connectivity index (χ2v) is 5.12. The van der Waals surface area contributed by atoms with E-state index in [2.05, 4.69) is 31.9 Å². The van der Waals surface area contributed by atoms with Crippen LogP contribution in [0.4, 0.5) is 5.69 Å². The van der Waals surface area contributed by atoms with Gasteiger partial charge in [-0.15, -0.1) is 0 Å². The first-order chi connectivity index (χ1) is 8.56. The van der Waals surface area contributed by atoms with Gasteiger partial charge < -0.3 is 10.6 Å². The third-order valence-electron chi connectivity index (χ3n) is 2.52. The zero-order valence-corrected chi connectivity index (χ0v) is 11.6. The van der Waals surface area contributed by atoms with Crippen molar-refractivity contribution in [3.05, 3.63) is 27.7 Å². The van der Waals surface area contributed by atoms with Gasteiger partial charge in [0.2, 0.25) is 11.8 Å². The van der Waals surface area contributed by atoms with Crippen molar-refractivity contribution in [3.8, 4) is 0 Å². The molecule has 1 unspecified atom stereocenters. The number of amides is 2. The van der Waals surface area contributed by atoms with E-state index in [0.29, 0.717) is 10.7 Å². The molecule has 3 N–H and O–H groups in total. The second kappa shape index (κ2) is 5.69. The first-order valence-electron chi connectivity index (χ1n) is 5.32. The van der Waals surface area contributed by atoms with Gasteiger partial charge in [-0.3, -0.25) is 14.9 Å². The standard InChI is InChI=1S/C11H11BrClN3O2/c12-7-2-1-6(3-8(7)13)16-11(18)9-4-15-10(17)5-14-9/h1-3,9,14H,4-5H2,(H,15,17)(H,16,18). The summed E-state index contributed by atoms with van der Waals surface area (Å²) < 4.78 is 0.769. The average Bonchev–Trinajstić information content (AvgIpc) is 2.34. The minimum absolute atomic E-state index is 0.106. The Hall–Kier alpha value is -1.11. The van der Waals surface area contributed by atoms with Gasteiger partial charge in [0.05, 0.1) is 11.6 Å². The maximum Gasteiger partial charge on any atom is 0.243 e. The molecule has 1 saturated heterocycles. The Bertz CT molecular complexity index is 485. The fourth-order valence-electron chi connectivity index (χ4n) is 1.56. The summed E-state index contributed by atoms with van der Waals surface area (Å²) in [4.78, 5) is 22.8. The molecule has 0 bridgehead atoms. The van der Waals surface area contributed by atoms with Crippen LogP contribution in [0.15, 0.2) is 22.7 Å². The number of rotatable bonds is 2. The minimum Gasteiger partial charge on any atom is -0.353 e. The van der Waals surface area contributed by atoms with Crippen LogP contribution in [-0.2, 0) is 9.59 Å². The summed E-state index contributed by atoms with van der Waals surface area (Å²) >= 11 is 9.21. The van der Waals surface area contributed by atoms with Gasteiger partial charge in [0, 0.05) is 16.7 Å². The van der Waals surface area contributed by atoms with E-state index in [-0.39, 0.29) is 24.9 Å². The highest BCUT2D eigenvalue weighted by Gasteiger charge is 2.23. The van der Waals surface area contributed by atoms with E-state index in [1.54, 1.807) is 18.2 Å². The Morgan fingerprint density at radius 3 is 2.89 bits per heavy atom. The lowest BCUT2D eigenvalue weighted by atomic mass is 10.2. The number of anilines is 1. The topological polar surface area (TPSA) is 70.2 Å². The molecule has 0 aromatic heterocycles. The van der Waals surface area contributed by atoms with Crippen LogP contribution in [0.25, 0.3) is 0 Å². The fourth-order valence-corrected chi connectivity index (χ4v) is 1.98. The molecule has 1 aromatic carbocycles. The average molecular weight is 333 g/mol. The van der Waals surface area contributed by atoms with Crippen molar-refractivity contribution in [2.75, 3.05) is 18.4 Å². The summed E-state index contributed by atoms with van der Waals surface area (Å²) in [5.74, 6) is -0.306. The fraction of sp³-hybridized carbons (Fsp3) is 0.273. The van der Waals surface area contributed by atoms with Gasteiger partial charge in [0.1, 0.15) is 6.04 Å². The smallest absolute Gasteiger partial charge is 0.243 e. The molecule has 1 atom stereocenters. The van der Waals surface area contributed by atoms with Crippen molar-refractivity contribution in [1.29, 1.82) is 0 Å². The van der Waals surface area contributed by atoms with Crippen LogP contribution >= 0.6 is 27.5 Å². The van der Waals surface area contributed by atoms with E-state index in [0.717, 1.165) is 4.47 Å². The first-order valence-corrected chi connectivity index (χ1v) is 6.49. The Morgan fingerprint density at radius 1 is 1.50 bits per heavy atom. The molecule has 5 nitrogen and oxygen atoms in total. The SMILES string of the molecule is O=C1CNC(C(=O)Nc2ccc(Br)c(Cl)c2)CN1. The number of hydrogen-bond donors (Lipinski definition) is 3. The normalized spacial score (nSPS) is 19.2. The molecule has 0 radical (unpaired) electrons. The third-order valence-corrected chi connectivity index (χ3v) is 3.75. The molecule has 2 amide bonds. The number of piperazine rings is 1. The lowest BCUT2D eigenvalue weighted by Gasteiger charge is -2.23. The molecule has 1 fully saturated rings. The Labute approximate surface area is 117 Å². The largest absolute Gasteiger partial charge is 0.353 e. The van der Waals surface area contributed by atoms with Gasteiger partial charge in [0.25, 0.3) is 0 Å². The monoisotopic (exact) mass is 331 g/mol. The molecule has 2 rings (SSSR count). The first kappa shape index (κ1) is 13.3. The van der Waals surface area contributed by atoms with E-state index in [4.69, 9.17) is 11.6 Å². The van der Waals surface area contributed by atoms with Crippen molar-refractivity contribution in [3.63, 3.8) is 0 Å². The molecule has 1 heterocycles. The number of nitrogens with one attached hydrogen (secondary N) is 3. The highest BCUT2D eigenvalue weighted by atomic mass is 79.9. The van der Waals surface area contributed by atoms with Crippen LogP contribution in [0.2, 0.25) is 5.02 Å². The number of benzene rings is 1. The lowest BCUT2D eigenvalue weighted by Crippen LogP contribution is -2.56. The molecule has 0 aliphatic carbocycles. The number of carbonyl (C=O) groups excluding carboxylic acids is 2. The van der Waals surface area contributed by atoms with Crippen molar-refractivity contribution in [2.45, 2.75) is 6.04 Å². The quantitative estimate of drug-likeness (QED) is 0.760. The highest BCUT2D eigenvalue weighted by Crippen LogP contribution is 2.25. The molecule has 0 spiro atoms. The van der Waals surface area contributed by atoms with Crippen LogP contribution in [0, 0.1) is 0 Å². The summed E-state index contributed by atoms with van der Waals surface area (Å²) in [6.45, 7) is 0.439. The van der Waals surface area contributed by atoms with E-state index in [9.17, 15) is 9.59 Å². The predicted octanol–water partition coefficient (Wildman–Crippen LogP) is 1.13. The maximum atomic E-state index is 11.9. The maximum absolute atomic E-state index is 11.9. The van der Waals surface area contributed by atoms with Gasteiger partial charge >= 0.3 is 0 Å². The van der Waals surface area contributed by atoms with Gasteiger partial charge in [-0.25, -0.2) is 0 Å². The lowest BCUT2D eigenvalue weighted by molar-refractivity contribution is -0.124. The van der Waals surface area contributed by atoms with Crippen molar-refractivity contribution in [2.24, 2.45) is 0 Å². The molecule has 96 valence electrons. The third kappa shape index (κ3) is 3.22. The van der Waals surface area contributed by atoms with Crippen LogP contribution in [0.5, 0.6) is 0 Å². The molecule has 1 aromatic rings. The second-order valence-electron chi connectivity index (χ2n) is 3.86. The van der Waals surface area contributed by atoms with E-state index < -0.39 is 6.04 Å². The summed E-state index contributed by atoms with van der Waals surface area (Å²) in [6, 6.07) is 4.74. The molecule has 1 aliphatic heterocycles. The molecule has 0 saturated carbocycles. The van der Waals surface area contributed by atoms with Gasteiger partial charge in [0.15, 0.2) is 0 Å². The zero-order chi connectivity index (χ0) is 13.1. The number of hydrogen-bond acceptors (Lipinski definition) is 3. The van der Waals surface area contributed by atoms with Crippen LogP contribution < -0.4 is 16.0 Å². The Kier molecular flexibility index (Phi) is 4.21. The summed E-state index contributed by atoms with van der Waals surface area (Å²) in [7, 11) is 0. The van der Waals surface area contributed by atoms with Crippen molar-refractivity contribution < 1.29 is 9.59 Å². The van der Waals surface area contributed by atoms with Crippen LogP contribution in [0.3, 0.4) is 0 Å². The molecule has 1 aliphatic rings. The number of halogens is 2. The Balaban J connectivity index is 1.98.